The first-order chi connectivity index (χ1) is 11.8. The predicted octanol–water partition coefficient (Wildman–Crippen LogP) is 6.80. The Bertz CT molecular complexity index is 489. The lowest BCUT2D eigenvalue weighted by atomic mass is 9.77. The third-order valence-electron chi connectivity index (χ3n) is 5.16. The van der Waals surface area contributed by atoms with E-state index >= 15 is 0 Å². The second-order valence-corrected chi connectivity index (χ2v) is 7.00. The Kier molecular flexibility index (Phi) is 8.91. The van der Waals surface area contributed by atoms with Crippen molar-refractivity contribution in [3.8, 4) is 0 Å². The van der Waals surface area contributed by atoms with Crippen molar-refractivity contribution in [3.05, 3.63) is 59.7 Å². The van der Waals surface area contributed by atoms with Crippen molar-refractivity contribution in [2.45, 2.75) is 71.3 Å². The summed E-state index contributed by atoms with van der Waals surface area (Å²) in [5, 5.41) is 0. The topological polar surface area (TPSA) is 9.23 Å². The van der Waals surface area contributed by atoms with Crippen LogP contribution >= 0.6 is 0 Å². The summed E-state index contributed by atoms with van der Waals surface area (Å²) < 4.78 is 5.68. The maximum atomic E-state index is 5.68. The molecule has 1 aromatic carbocycles. The Morgan fingerprint density at radius 2 is 1.75 bits per heavy atom. The van der Waals surface area contributed by atoms with Crippen LogP contribution in [0.1, 0.15) is 75.8 Å². The van der Waals surface area contributed by atoms with Crippen molar-refractivity contribution in [2.75, 3.05) is 6.61 Å². The van der Waals surface area contributed by atoms with Gasteiger partial charge in [-0.15, -0.1) is 0 Å². The molecule has 0 bridgehead atoms. The van der Waals surface area contributed by atoms with Crippen LogP contribution in [0.3, 0.4) is 0 Å². The summed E-state index contributed by atoms with van der Waals surface area (Å²) >= 11 is 0. The standard InChI is InChI=1S/C23H34O/c1-3-5-7-9-20-10-14-22(15-11-20)23-16-12-21(13-17-23)19-24-18-8-6-4-2/h3,5-6,8,12-13,16-17,20,22H,4,7,9-11,14-15,18-19H2,1-2H3/b5-3+,8-6+/t20-,22-. The Morgan fingerprint density at radius 3 is 2.42 bits per heavy atom. The molecule has 0 aromatic heterocycles. The smallest absolute Gasteiger partial charge is 0.0721 e. The van der Waals surface area contributed by atoms with E-state index in [-0.39, 0.29) is 0 Å². The monoisotopic (exact) mass is 326 g/mol. The summed E-state index contributed by atoms with van der Waals surface area (Å²) in [6.45, 7) is 5.69. The molecule has 1 nitrogen and oxygen atoms in total. The highest BCUT2D eigenvalue weighted by molar-refractivity contribution is 5.25. The Morgan fingerprint density at radius 1 is 1.00 bits per heavy atom. The van der Waals surface area contributed by atoms with E-state index in [9.17, 15) is 0 Å². The molecule has 0 radical (unpaired) electrons. The summed E-state index contributed by atoms with van der Waals surface area (Å²) in [4.78, 5) is 0. The van der Waals surface area contributed by atoms with E-state index in [1.54, 1.807) is 0 Å². The lowest BCUT2D eigenvalue weighted by Gasteiger charge is -2.28. The second-order valence-electron chi connectivity index (χ2n) is 7.00. The van der Waals surface area contributed by atoms with E-state index in [1.807, 2.05) is 0 Å². The molecule has 24 heavy (non-hydrogen) atoms. The summed E-state index contributed by atoms with van der Waals surface area (Å²) in [6.07, 6.45) is 18.0. The fraction of sp³-hybridized carbons (Fsp3) is 0.565. The molecule has 132 valence electrons. The van der Waals surface area contributed by atoms with Crippen LogP contribution in [-0.2, 0) is 11.3 Å². The number of allylic oxidation sites excluding steroid dienone is 3. The molecule has 0 N–H and O–H groups in total. The van der Waals surface area contributed by atoms with Crippen LogP contribution in [0.15, 0.2) is 48.6 Å². The summed E-state index contributed by atoms with van der Waals surface area (Å²) in [5.74, 6) is 1.71. The van der Waals surface area contributed by atoms with Crippen molar-refractivity contribution in [2.24, 2.45) is 5.92 Å². The van der Waals surface area contributed by atoms with Gasteiger partial charge >= 0.3 is 0 Å². The maximum Gasteiger partial charge on any atom is 0.0721 e. The molecule has 1 saturated carbocycles. The fourth-order valence-electron chi connectivity index (χ4n) is 3.65. The van der Waals surface area contributed by atoms with Gasteiger partial charge < -0.3 is 4.74 Å². The minimum Gasteiger partial charge on any atom is -0.373 e. The highest BCUT2D eigenvalue weighted by atomic mass is 16.5. The van der Waals surface area contributed by atoms with Crippen LogP contribution < -0.4 is 0 Å². The lowest BCUT2D eigenvalue weighted by Crippen LogP contribution is -2.13. The van der Waals surface area contributed by atoms with E-state index in [0.717, 1.165) is 18.3 Å². The molecule has 0 spiro atoms. The highest BCUT2D eigenvalue weighted by Gasteiger charge is 2.21. The van der Waals surface area contributed by atoms with E-state index in [4.69, 9.17) is 4.74 Å². The third-order valence-corrected chi connectivity index (χ3v) is 5.16. The average Bonchev–Trinajstić information content (AvgIpc) is 2.63. The molecule has 1 fully saturated rings. The molecule has 1 aliphatic rings. The quantitative estimate of drug-likeness (QED) is 0.358. The van der Waals surface area contributed by atoms with Crippen molar-refractivity contribution >= 4 is 0 Å². The third kappa shape index (κ3) is 6.65. The zero-order valence-corrected chi connectivity index (χ0v) is 15.5. The van der Waals surface area contributed by atoms with Gasteiger partial charge in [-0.3, -0.25) is 0 Å². The SMILES string of the molecule is C/C=C/CC[C@H]1CC[C@H](c2ccc(COC/C=C/CC)cc2)CC1. The Hall–Kier alpha value is -1.34. The number of rotatable bonds is 9. The van der Waals surface area contributed by atoms with Crippen LogP contribution in [-0.4, -0.2) is 6.61 Å². The van der Waals surface area contributed by atoms with Gasteiger partial charge in [-0.2, -0.15) is 0 Å². The zero-order chi connectivity index (χ0) is 17.0. The molecular formula is C23H34O. The lowest BCUT2D eigenvalue weighted by molar-refractivity contribution is 0.148. The van der Waals surface area contributed by atoms with Gasteiger partial charge in [0, 0.05) is 0 Å². The van der Waals surface area contributed by atoms with Crippen LogP contribution in [0.2, 0.25) is 0 Å². The molecule has 0 aliphatic heterocycles. The summed E-state index contributed by atoms with van der Waals surface area (Å²) in [6, 6.07) is 9.14. The average molecular weight is 327 g/mol. The maximum absolute atomic E-state index is 5.68. The van der Waals surface area contributed by atoms with Gasteiger partial charge in [0.15, 0.2) is 0 Å². The van der Waals surface area contributed by atoms with Crippen molar-refractivity contribution in [3.63, 3.8) is 0 Å². The van der Waals surface area contributed by atoms with Gasteiger partial charge in [0.1, 0.15) is 0 Å². The minimum absolute atomic E-state index is 0.714. The van der Waals surface area contributed by atoms with Crippen molar-refractivity contribution < 1.29 is 4.74 Å². The van der Waals surface area contributed by atoms with Crippen LogP contribution in [0, 0.1) is 5.92 Å². The predicted molar refractivity (Wildman–Crippen MR) is 104 cm³/mol. The number of hydrogen-bond acceptors (Lipinski definition) is 1. The van der Waals surface area contributed by atoms with Gasteiger partial charge in [0.2, 0.25) is 0 Å². The second kappa shape index (κ2) is 11.3. The molecule has 1 aromatic rings. The highest BCUT2D eigenvalue weighted by Crippen LogP contribution is 2.37. The summed E-state index contributed by atoms with van der Waals surface area (Å²) in [7, 11) is 0. The van der Waals surface area contributed by atoms with Crippen LogP contribution in [0.25, 0.3) is 0 Å². The summed E-state index contributed by atoms with van der Waals surface area (Å²) in [5.41, 5.74) is 2.81. The van der Waals surface area contributed by atoms with Gasteiger partial charge in [0.05, 0.1) is 13.2 Å². The van der Waals surface area contributed by atoms with E-state index < -0.39 is 0 Å². The first kappa shape index (κ1) is 19.0. The fourth-order valence-corrected chi connectivity index (χ4v) is 3.65. The molecule has 0 heterocycles. The largest absolute Gasteiger partial charge is 0.373 e. The van der Waals surface area contributed by atoms with Crippen LogP contribution in [0.5, 0.6) is 0 Å². The molecule has 0 amide bonds. The number of benzene rings is 1. The van der Waals surface area contributed by atoms with E-state index in [0.29, 0.717) is 13.2 Å². The molecule has 0 atom stereocenters. The van der Waals surface area contributed by atoms with Gasteiger partial charge in [-0.1, -0.05) is 55.5 Å². The van der Waals surface area contributed by atoms with Gasteiger partial charge in [0.25, 0.3) is 0 Å². The van der Waals surface area contributed by atoms with Gasteiger partial charge in [-0.25, -0.2) is 0 Å². The zero-order valence-electron chi connectivity index (χ0n) is 15.5. The van der Waals surface area contributed by atoms with Crippen molar-refractivity contribution in [1.29, 1.82) is 0 Å². The molecular weight excluding hydrogens is 292 g/mol. The van der Waals surface area contributed by atoms with E-state index in [1.165, 1.54) is 49.7 Å². The molecule has 1 aliphatic carbocycles. The minimum atomic E-state index is 0.714. The van der Waals surface area contributed by atoms with E-state index in [2.05, 4.69) is 62.4 Å². The first-order valence-electron chi connectivity index (χ1n) is 9.76. The molecule has 0 unspecified atom stereocenters. The number of hydrogen-bond donors (Lipinski definition) is 0. The molecule has 2 rings (SSSR count). The molecule has 0 saturated heterocycles. The Labute approximate surface area is 148 Å². The normalized spacial score (nSPS) is 21.8. The van der Waals surface area contributed by atoms with Crippen molar-refractivity contribution in [1.82, 2.24) is 0 Å². The first-order valence-corrected chi connectivity index (χ1v) is 9.76. The molecule has 1 heteroatoms. The Balaban J connectivity index is 1.72. The number of ether oxygens (including phenoxy) is 1. The van der Waals surface area contributed by atoms with Crippen LogP contribution in [0.4, 0.5) is 0 Å². The van der Waals surface area contributed by atoms with Gasteiger partial charge in [-0.05, 0) is 74.8 Å².